The van der Waals surface area contributed by atoms with E-state index in [1.807, 2.05) is 0 Å². The molecule has 1 atom stereocenters. The van der Waals surface area contributed by atoms with Crippen LogP contribution in [-0.4, -0.2) is 18.4 Å². The van der Waals surface area contributed by atoms with E-state index in [-0.39, 0.29) is 4.90 Å². The number of hydrogen-bond donors (Lipinski definition) is 2. The molecule has 1 aromatic carbocycles. The first-order valence-electron chi connectivity index (χ1n) is 6.78. The lowest BCUT2D eigenvalue weighted by molar-refractivity contribution is 0.568. The Morgan fingerprint density at radius 2 is 1.87 bits per heavy atom. The molecule has 5 nitrogen and oxygen atoms in total. The second kappa shape index (κ2) is 6.13. The van der Waals surface area contributed by atoms with Crippen LogP contribution < -0.4 is 4.72 Å². The molecular formula is C15H13Cl2N3O2S. The lowest BCUT2D eigenvalue weighted by Crippen LogP contribution is -2.26. The fourth-order valence-corrected chi connectivity index (χ4v) is 4.16. The number of nitrogens with one attached hydrogen (secondary N) is 2. The molecule has 2 N–H and O–H groups in total. The van der Waals surface area contributed by atoms with Crippen molar-refractivity contribution in [3.8, 4) is 0 Å². The molecule has 8 heteroatoms. The quantitative estimate of drug-likeness (QED) is 0.731. The Bertz CT molecular complexity index is 953. The van der Waals surface area contributed by atoms with E-state index >= 15 is 0 Å². The topological polar surface area (TPSA) is 74.8 Å². The van der Waals surface area contributed by atoms with Gasteiger partial charge in [0.25, 0.3) is 0 Å². The highest BCUT2D eigenvalue weighted by atomic mass is 35.5. The van der Waals surface area contributed by atoms with Crippen LogP contribution in [0.5, 0.6) is 0 Å². The van der Waals surface area contributed by atoms with Crippen molar-refractivity contribution >= 4 is 44.3 Å². The zero-order valence-corrected chi connectivity index (χ0v) is 14.4. The van der Waals surface area contributed by atoms with Crippen LogP contribution in [0.4, 0.5) is 0 Å². The number of aromatic amines is 1. The third kappa shape index (κ3) is 3.21. The fourth-order valence-electron chi connectivity index (χ4n) is 2.32. The van der Waals surface area contributed by atoms with Crippen molar-refractivity contribution in [3.63, 3.8) is 0 Å². The van der Waals surface area contributed by atoms with Gasteiger partial charge in [0.1, 0.15) is 10.5 Å². The maximum Gasteiger partial charge on any atom is 0.243 e. The third-order valence-electron chi connectivity index (χ3n) is 3.48. The number of fused-ring (bicyclic) bond motifs is 1. The lowest BCUT2D eigenvalue weighted by atomic mass is 10.1. The molecule has 23 heavy (non-hydrogen) atoms. The number of H-pyrrole nitrogens is 1. The highest BCUT2D eigenvalue weighted by Gasteiger charge is 2.23. The van der Waals surface area contributed by atoms with Crippen LogP contribution in [0.2, 0.25) is 10.0 Å². The Labute approximate surface area is 143 Å². The van der Waals surface area contributed by atoms with Crippen molar-refractivity contribution in [2.24, 2.45) is 0 Å². The Hall–Kier alpha value is -1.60. The Morgan fingerprint density at radius 1 is 1.17 bits per heavy atom. The van der Waals surface area contributed by atoms with E-state index in [2.05, 4.69) is 14.7 Å². The van der Waals surface area contributed by atoms with Crippen molar-refractivity contribution in [3.05, 3.63) is 58.3 Å². The summed E-state index contributed by atoms with van der Waals surface area (Å²) in [5, 5.41) is 1.30. The molecule has 0 saturated carbocycles. The first-order chi connectivity index (χ1) is 10.9. The second-order valence-electron chi connectivity index (χ2n) is 5.06. The molecule has 3 aromatic rings. The summed E-state index contributed by atoms with van der Waals surface area (Å²) in [5.41, 5.74) is 1.24. The van der Waals surface area contributed by atoms with Crippen LogP contribution in [-0.2, 0) is 10.0 Å². The van der Waals surface area contributed by atoms with Gasteiger partial charge in [-0.05, 0) is 30.7 Å². The van der Waals surface area contributed by atoms with Crippen LogP contribution in [0.15, 0.2) is 47.6 Å². The molecular weight excluding hydrogens is 357 g/mol. The largest absolute Gasteiger partial charge is 0.345 e. The molecule has 2 aromatic heterocycles. The number of benzene rings is 1. The first kappa shape index (κ1) is 16.3. The average Bonchev–Trinajstić information content (AvgIpc) is 2.94. The van der Waals surface area contributed by atoms with E-state index in [9.17, 15) is 8.42 Å². The highest BCUT2D eigenvalue weighted by molar-refractivity contribution is 7.89. The van der Waals surface area contributed by atoms with Gasteiger partial charge in [-0.1, -0.05) is 35.3 Å². The Kier molecular flexibility index (Phi) is 4.33. The van der Waals surface area contributed by atoms with E-state index in [1.54, 1.807) is 37.3 Å². The highest BCUT2D eigenvalue weighted by Crippen LogP contribution is 2.29. The normalized spacial score (nSPS) is 13.3. The molecule has 0 bridgehead atoms. The summed E-state index contributed by atoms with van der Waals surface area (Å²) in [6, 6.07) is 8.12. The average molecular weight is 370 g/mol. The SMILES string of the molecule is CC(NS(=O)(=O)c1c[nH]c2nccc(Cl)c12)c1ccc(Cl)cc1. The predicted octanol–water partition coefficient (Wildman–Crippen LogP) is 3.91. The third-order valence-corrected chi connectivity index (χ3v) is 5.61. The molecule has 0 aliphatic rings. The fraction of sp³-hybridized carbons (Fsp3) is 0.133. The molecule has 2 heterocycles. The molecule has 0 aliphatic heterocycles. The van der Waals surface area contributed by atoms with Gasteiger partial charge in [-0.15, -0.1) is 0 Å². The van der Waals surface area contributed by atoms with Crippen molar-refractivity contribution in [2.75, 3.05) is 0 Å². The van der Waals surface area contributed by atoms with Crippen LogP contribution in [0.1, 0.15) is 18.5 Å². The number of hydrogen-bond acceptors (Lipinski definition) is 3. The van der Waals surface area contributed by atoms with E-state index in [1.165, 1.54) is 12.4 Å². The monoisotopic (exact) mass is 369 g/mol. The van der Waals surface area contributed by atoms with Gasteiger partial charge < -0.3 is 4.98 Å². The molecule has 0 spiro atoms. The van der Waals surface area contributed by atoms with Crippen LogP contribution in [0, 0.1) is 0 Å². The lowest BCUT2D eigenvalue weighted by Gasteiger charge is -2.14. The maximum atomic E-state index is 12.7. The number of halogens is 2. The van der Waals surface area contributed by atoms with Crippen LogP contribution >= 0.6 is 23.2 Å². The first-order valence-corrected chi connectivity index (χ1v) is 9.02. The predicted molar refractivity (Wildman–Crippen MR) is 91.3 cm³/mol. The number of pyridine rings is 1. The van der Waals surface area contributed by atoms with Gasteiger partial charge in [-0.3, -0.25) is 0 Å². The summed E-state index contributed by atoms with van der Waals surface area (Å²) in [5.74, 6) is 0. The minimum Gasteiger partial charge on any atom is -0.345 e. The molecule has 3 rings (SSSR count). The van der Waals surface area contributed by atoms with Gasteiger partial charge in [-0.2, -0.15) is 0 Å². The summed E-state index contributed by atoms with van der Waals surface area (Å²) >= 11 is 12.0. The second-order valence-corrected chi connectivity index (χ2v) is 7.59. The van der Waals surface area contributed by atoms with E-state index < -0.39 is 16.1 Å². The van der Waals surface area contributed by atoms with Crippen LogP contribution in [0.25, 0.3) is 11.0 Å². The molecule has 0 fully saturated rings. The van der Waals surface area contributed by atoms with Gasteiger partial charge in [-0.25, -0.2) is 18.1 Å². The molecule has 120 valence electrons. The smallest absolute Gasteiger partial charge is 0.243 e. The molecule has 0 saturated heterocycles. The Morgan fingerprint density at radius 3 is 2.57 bits per heavy atom. The minimum atomic E-state index is -3.76. The van der Waals surface area contributed by atoms with Crippen molar-refractivity contribution in [2.45, 2.75) is 17.9 Å². The standard InChI is InChI=1S/C15H13Cl2N3O2S/c1-9(10-2-4-11(16)5-3-10)20-23(21,22)13-8-19-15-14(13)12(17)6-7-18-15/h2-9,20H,1H3,(H,18,19). The van der Waals surface area contributed by atoms with Gasteiger partial charge in [0.05, 0.1) is 10.4 Å². The van der Waals surface area contributed by atoms with Gasteiger partial charge in [0, 0.05) is 23.5 Å². The Balaban J connectivity index is 1.96. The van der Waals surface area contributed by atoms with Gasteiger partial charge >= 0.3 is 0 Å². The summed E-state index contributed by atoms with van der Waals surface area (Å²) in [7, 11) is -3.76. The van der Waals surface area contributed by atoms with Crippen molar-refractivity contribution in [1.82, 2.24) is 14.7 Å². The van der Waals surface area contributed by atoms with Crippen LogP contribution in [0.3, 0.4) is 0 Å². The number of sulfonamides is 1. The van der Waals surface area contributed by atoms with Gasteiger partial charge in [0.15, 0.2) is 0 Å². The molecule has 0 aliphatic carbocycles. The summed E-state index contributed by atoms with van der Waals surface area (Å²) in [6.07, 6.45) is 2.90. The van der Waals surface area contributed by atoms with E-state index in [0.29, 0.717) is 21.1 Å². The summed E-state index contributed by atoms with van der Waals surface area (Å²) in [6.45, 7) is 1.76. The number of nitrogens with zero attached hydrogens (tertiary/aromatic N) is 1. The van der Waals surface area contributed by atoms with E-state index in [0.717, 1.165) is 5.56 Å². The van der Waals surface area contributed by atoms with Crippen molar-refractivity contribution < 1.29 is 8.42 Å². The molecule has 1 unspecified atom stereocenters. The van der Waals surface area contributed by atoms with E-state index in [4.69, 9.17) is 23.2 Å². The zero-order valence-electron chi connectivity index (χ0n) is 12.0. The van der Waals surface area contributed by atoms with Crippen molar-refractivity contribution in [1.29, 1.82) is 0 Å². The number of rotatable bonds is 4. The van der Waals surface area contributed by atoms with Gasteiger partial charge in [0.2, 0.25) is 10.0 Å². The zero-order chi connectivity index (χ0) is 16.6. The molecule has 0 amide bonds. The molecule has 0 radical (unpaired) electrons. The number of aromatic nitrogens is 2. The summed E-state index contributed by atoms with van der Waals surface area (Å²) < 4.78 is 28.0. The summed E-state index contributed by atoms with van der Waals surface area (Å²) in [4.78, 5) is 6.98. The maximum absolute atomic E-state index is 12.7. The minimum absolute atomic E-state index is 0.0754.